The summed E-state index contributed by atoms with van der Waals surface area (Å²) >= 11 is 0. The van der Waals surface area contributed by atoms with Crippen molar-refractivity contribution in [3.63, 3.8) is 0 Å². The molecular weight excluding hydrogens is 284 g/mol. The molecule has 0 aliphatic heterocycles. The highest BCUT2D eigenvalue weighted by molar-refractivity contribution is 7.89. The summed E-state index contributed by atoms with van der Waals surface area (Å²) in [7, 11) is -3.45. The van der Waals surface area contributed by atoms with Crippen LogP contribution < -0.4 is 10.5 Å². The molecule has 1 aromatic rings. The molecule has 19 heavy (non-hydrogen) atoms. The van der Waals surface area contributed by atoms with Crippen LogP contribution in [0.15, 0.2) is 23.1 Å². The number of sulfonamides is 1. The van der Waals surface area contributed by atoms with E-state index in [1.54, 1.807) is 13.0 Å². The van der Waals surface area contributed by atoms with Crippen LogP contribution in [0.1, 0.15) is 30.4 Å². The average Bonchev–Trinajstić information content (AvgIpc) is 2.27. The molecule has 0 aromatic heterocycles. The van der Waals surface area contributed by atoms with Crippen molar-refractivity contribution in [1.29, 1.82) is 0 Å². The lowest BCUT2D eigenvalue weighted by Crippen LogP contribution is -2.54. The van der Waals surface area contributed by atoms with Gasteiger partial charge < -0.3 is 5.73 Å². The van der Waals surface area contributed by atoms with Crippen molar-refractivity contribution < 1.29 is 8.42 Å². The Kier molecular flexibility index (Phi) is 5.01. The van der Waals surface area contributed by atoms with Gasteiger partial charge in [0.05, 0.1) is 4.90 Å². The Morgan fingerprint density at radius 3 is 2.47 bits per heavy atom. The maximum atomic E-state index is 12.2. The number of halogens is 1. The number of hydrogen-bond acceptors (Lipinski definition) is 3. The largest absolute Gasteiger partial charge is 0.324 e. The summed E-state index contributed by atoms with van der Waals surface area (Å²) in [5, 5.41) is 0. The van der Waals surface area contributed by atoms with E-state index in [9.17, 15) is 8.42 Å². The lowest BCUT2D eigenvalue weighted by atomic mass is 9.78. The van der Waals surface area contributed by atoms with Crippen molar-refractivity contribution in [2.45, 2.75) is 43.5 Å². The fourth-order valence-corrected chi connectivity index (χ4v) is 3.59. The van der Waals surface area contributed by atoms with Crippen molar-refractivity contribution in [3.05, 3.63) is 29.3 Å². The third-order valence-corrected chi connectivity index (χ3v) is 5.14. The summed E-state index contributed by atoms with van der Waals surface area (Å²) in [6, 6.07) is 5.43. The van der Waals surface area contributed by atoms with E-state index in [1.165, 1.54) is 0 Å². The Morgan fingerprint density at radius 1 is 1.32 bits per heavy atom. The quantitative estimate of drug-likeness (QED) is 0.892. The molecule has 1 aromatic carbocycles. The molecule has 1 aliphatic rings. The van der Waals surface area contributed by atoms with Crippen LogP contribution >= 0.6 is 12.4 Å². The van der Waals surface area contributed by atoms with Crippen LogP contribution in [0.3, 0.4) is 0 Å². The molecule has 0 spiro atoms. The lowest BCUT2D eigenvalue weighted by molar-refractivity contribution is 0.251. The van der Waals surface area contributed by atoms with Crippen LogP contribution in [0, 0.1) is 13.8 Å². The van der Waals surface area contributed by atoms with Gasteiger partial charge in [-0.3, -0.25) is 0 Å². The van der Waals surface area contributed by atoms with Gasteiger partial charge >= 0.3 is 0 Å². The van der Waals surface area contributed by atoms with E-state index in [1.807, 2.05) is 19.1 Å². The molecule has 0 unspecified atom stereocenters. The zero-order valence-electron chi connectivity index (χ0n) is 11.3. The molecule has 1 aliphatic carbocycles. The molecule has 4 nitrogen and oxygen atoms in total. The third-order valence-electron chi connectivity index (χ3n) is 3.60. The second-order valence-electron chi connectivity index (χ2n) is 5.31. The van der Waals surface area contributed by atoms with E-state index in [2.05, 4.69) is 4.72 Å². The molecule has 0 saturated heterocycles. The van der Waals surface area contributed by atoms with Gasteiger partial charge in [-0.05, 0) is 50.3 Å². The zero-order chi connectivity index (χ0) is 13.4. The molecule has 0 bridgehead atoms. The molecule has 0 radical (unpaired) electrons. The van der Waals surface area contributed by atoms with Crippen LogP contribution in [-0.4, -0.2) is 20.5 Å². The fourth-order valence-electron chi connectivity index (χ4n) is 2.12. The van der Waals surface area contributed by atoms with Crippen LogP contribution in [0.2, 0.25) is 0 Å². The van der Waals surface area contributed by atoms with Gasteiger partial charge in [0, 0.05) is 12.1 Å². The number of rotatable bonds is 4. The Balaban J connectivity index is 0.00000180. The highest BCUT2D eigenvalue weighted by Gasteiger charge is 2.33. The minimum Gasteiger partial charge on any atom is -0.324 e. The molecule has 1 saturated carbocycles. The Labute approximate surface area is 121 Å². The van der Waals surface area contributed by atoms with Gasteiger partial charge in [0.1, 0.15) is 0 Å². The van der Waals surface area contributed by atoms with Crippen molar-refractivity contribution in [1.82, 2.24) is 4.72 Å². The number of benzene rings is 1. The predicted molar refractivity (Wildman–Crippen MR) is 79.1 cm³/mol. The minimum atomic E-state index is -3.45. The second-order valence-corrected chi connectivity index (χ2v) is 7.04. The molecule has 6 heteroatoms. The van der Waals surface area contributed by atoms with E-state index in [-0.39, 0.29) is 17.9 Å². The van der Waals surface area contributed by atoms with Gasteiger partial charge in [0.15, 0.2) is 0 Å². The maximum Gasteiger partial charge on any atom is 0.240 e. The monoisotopic (exact) mass is 304 g/mol. The zero-order valence-corrected chi connectivity index (χ0v) is 12.9. The smallest absolute Gasteiger partial charge is 0.240 e. The van der Waals surface area contributed by atoms with E-state index in [0.717, 1.165) is 30.4 Å². The first kappa shape index (κ1) is 16.4. The van der Waals surface area contributed by atoms with Crippen molar-refractivity contribution >= 4 is 22.4 Å². The number of hydrogen-bond donors (Lipinski definition) is 2. The van der Waals surface area contributed by atoms with Gasteiger partial charge in [0.2, 0.25) is 10.0 Å². The number of nitrogens with two attached hydrogens (primary N) is 1. The van der Waals surface area contributed by atoms with Gasteiger partial charge in [-0.25, -0.2) is 13.1 Å². The van der Waals surface area contributed by atoms with E-state index in [0.29, 0.717) is 11.4 Å². The summed E-state index contributed by atoms with van der Waals surface area (Å²) in [6.45, 7) is 4.01. The van der Waals surface area contributed by atoms with Gasteiger partial charge in [0.25, 0.3) is 0 Å². The van der Waals surface area contributed by atoms with Crippen LogP contribution in [0.25, 0.3) is 0 Å². The summed E-state index contributed by atoms with van der Waals surface area (Å²) in [5.41, 5.74) is 7.38. The first-order chi connectivity index (χ1) is 8.32. The van der Waals surface area contributed by atoms with E-state index in [4.69, 9.17) is 5.73 Å². The first-order valence-corrected chi connectivity index (χ1v) is 7.67. The highest BCUT2D eigenvalue weighted by atomic mass is 35.5. The van der Waals surface area contributed by atoms with Crippen LogP contribution in [0.4, 0.5) is 0 Å². The summed E-state index contributed by atoms with van der Waals surface area (Å²) in [4.78, 5) is 0.352. The standard InChI is InChI=1S/C13H20N2O2S.ClH/c1-10-4-5-11(2)12(8-10)18(16,17)15-9-13(14)6-3-7-13;/h4-5,8,15H,3,6-7,9,14H2,1-2H3;1H. The van der Waals surface area contributed by atoms with Gasteiger partial charge in [-0.2, -0.15) is 0 Å². The molecule has 108 valence electrons. The minimum absolute atomic E-state index is 0. The Hall–Kier alpha value is -0.620. The molecule has 0 heterocycles. The Morgan fingerprint density at radius 2 is 1.95 bits per heavy atom. The fraction of sp³-hybridized carbons (Fsp3) is 0.538. The molecule has 0 amide bonds. The molecule has 0 atom stereocenters. The van der Waals surface area contributed by atoms with Crippen molar-refractivity contribution in [2.24, 2.45) is 5.73 Å². The number of nitrogens with one attached hydrogen (secondary N) is 1. The average molecular weight is 305 g/mol. The highest BCUT2D eigenvalue weighted by Crippen LogP contribution is 2.28. The first-order valence-electron chi connectivity index (χ1n) is 6.18. The topological polar surface area (TPSA) is 72.2 Å². The van der Waals surface area contributed by atoms with E-state index >= 15 is 0 Å². The Bertz CT molecular complexity index is 554. The van der Waals surface area contributed by atoms with E-state index < -0.39 is 10.0 Å². The second kappa shape index (κ2) is 5.79. The maximum absolute atomic E-state index is 12.2. The van der Waals surface area contributed by atoms with Crippen LogP contribution in [-0.2, 0) is 10.0 Å². The SMILES string of the molecule is Cc1ccc(C)c(S(=O)(=O)NCC2(N)CCC2)c1.Cl. The van der Waals surface area contributed by atoms with Crippen molar-refractivity contribution in [3.8, 4) is 0 Å². The molecule has 2 rings (SSSR count). The van der Waals surface area contributed by atoms with Gasteiger partial charge in [-0.15, -0.1) is 12.4 Å². The van der Waals surface area contributed by atoms with Crippen molar-refractivity contribution in [2.75, 3.05) is 6.54 Å². The summed E-state index contributed by atoms with van der Waals surface area (Å²) in [6.07, 6.45) is 2.87. The third kappa shape index (κ3) is 3.69. The van der Waals surface area contributed by atoms with Crippen LogP contribution in [0.5, 0.6) is 0 Å². The normalized spacial score (nSPS) is 17.4. The van der Waals surface area contributed by atoms with Gasteiger partial charge in [-0.1, -0.05) is 12.1 Å². The predicted octanol–water partition coefficient (Wildman–Crippen LogP) is 1.88. The summed E-state index contributed by atoms with van der Waals surface area (Å²) in [5.74, 6) is 0. The number of aryl methyl sites for hydroxylation is 2. The lowest BCUT2D eigenvalue weighted by Gasteiger charge is -2.38. The summed E-state index contributed by atoms with van der Waals surface area (Å²) < 4.78 is 27.1. The molecule has 3 N–H and O–H groups in total. The molecule has 1 fully saturated rings. The molecular formula is C13H21ClN2O2S.